The third kappa shape index (κ3) is 4.48. The molecule has 1 N–H and O–H groups in total. The Morgan fingerprint density at radius 3 is 2.47 bits per heavy atom. The van der Waals surface area contributed by atoms with Crippen molar-refractivity contribution >= 4 is 17.4 Å². The predicted octanol–water partition coefficient (Wildman–Crippen LogP) is 3.39. The number of ether oxygens (including phenoxy) is 2. The Bertz CT molecular complexity index is 1040. The number of ketones is 1. The van der Waals surface area contributed by atoms with E-state index in [-0.39, 0.29) is 11.3 Å². The summed E-state index contributed by atoms with van der Waals surface area (Å²) in [6.07, 6.45) is 0. The van der Waals surface area contributed by atoms with E-state index in [0.717, 1.165) is 5.56 Å². The van der Waals surface area contributed by atoms with Gasteiger partial charge >= 0.3 is 0 Å². The van der Waals surface area contributed by atoms with Gasteiger partial charge in [0, 0.05) is 24.2 Å². The number of aliphatic hydroxyl groups excluding tert-OH is 1. The SMILES string of the molecule is CCOc1ccccc1C1/C(=C(\O)c2ccc(OC)c(C)c2)C(=O)C(=O)N1CCN(C)C. The molecule has 1 aliphatic heterocycles. The van der Waals surface area contributed by atoms with Gasteiger partial charge in [-0.15, -0.1) is 0 Å². The van der Waals surface area contributed by atoms with Crippen molar-refractivity contribution in [3.05, 3.63) is 64.7 Å². The van der Waals surface area contributed by atoms with Crippen LogP contribution in [0.1, 0.15) is 29.7 Å². The van der Waals surface area contributed by atoms with Gasteiger partial charge in [-0.1, -0.05) is 18.2 Å². The zero-order chi connectivity index (χ0) is 23.4. The number of para-hydroxylation sites is 1. The summed E-state index contributed by atoms with van der Waals surface area (Å²) in [7, 11) is 5.38. The van der Waals surface area contributed by atoms with E-state index in [9.17, 15) is 14.7 Å². The summed E-state index contributed by atoms with van der Waals surface area (Å²) in [4.78, 5) is 29.6. The molecule has 32 heavy (non-hydrogen) atoms. The van der Waals surface area contributed by atoms with E-state index in [1.54, 1.807) is 25.3 Å². The lowest BCUT2D eigenvalue weighted by atomic mass is 9.94. The summed E-state index contributed by atoms with van der Waals surface area (Å²) in [6.45, 7) is 5.07. The molecule has 7 nitrogen and oxygen atoms in total. The van der Waals surface area contributed by atoms with Crippen molar-refractivity contribution in [2.45, 2.75) is 19.9 Å². The van der Waals surface area contributed by atoms with E-state index < -0.39 is 17.7 Å². The van der Waals surface area contributed by atoms with Crippen LogP contribution in [0.5, 0.6) is 11.5 Å². The number of carbonyl (C=O) groups is 2. The molecule has 0 bridgehead atoms. The fourth-order valence-electron chi connectivity index (χ4n) is 3.92. The highest BCUT2D eigenvalue weighted by Gasteiger charge is 2.46. The number of hydrogen-bond donors (Lipinski definition) is 1. The van der Waals surface area contributed by atoms with Crippen LogP contribution in [0.15, 0.2) is 48.0 Å². The van der Waals surface area contributed by atoms with Crippen LogP contribution >= 0.6 is 0 Å². The van der Waals surface area contributed by atoms with E-state index in [1.165, 1.54) is 4.90 Å². The molecule has 0 radical (unpaired) electrons. The number of Topliss-reactive ketones (excluding diaryl/α,β-unsaturated/α-hetero) is 1. The van der Waals surface area contributed by atoms with Crippen LogP contribution in [0.4, 0.5) is 0 Å². The van der Waals surface area contributed by atoms with Gasteiger partial charge in [-0.2, -0.15) is 0 Å². The van der Waals surface area contributed by atoms with Gasteiger partial charge in [0.1, 0.15) is 17.3 Å². The van der Waals surface area contributed by atoms with E-state index >= 15 is 0 Å². The van der Waals surface area contributed by atoms with Gasteiger partial charge < -0.3 is 24.4 Å². The first-order chi connectivity index (χ1) is 15.3. The van der Waals surface area contributed by atoms with Crippen molar-refractivity contribution in [1.82, 2.24) is 9.80 Å². The number of likely N-dealkylation sites (N-methyl/N-ethyl adjacent to an activating group) is 1. The Labute approximate surface area is 188 Å². The van der Waals surface area contributed by atoms with E-state index in [0.29, 0.717) is 42.3 Å². The number of aliphatic hydroxyl groups is 1. The molecule has 0 saturated carbocycles. The number of rotatable bonds is 8. The van der Waals surface area contributed by atoms with Crippen molar-refractivity contribution in [1.29, 1.82) is 0 Å². The van der Waals surface area contributed by atoms with Crippen molar-refractivity contribution in [2.75, 3.05) is 40.9 Å². The Kier molecular flexibility index (Phi) is 7.20. The second-order valence-corrected chi connectivity index (χ2v) is 7.95. The molecule has 1 heterocycles. The first-order valence-electron chi connectivity index (χ1n) is 10.6. The summed E-state index contributed by atoms with van der Waals surface area (Å²) in [6, 6.07) is 11.7. The second kappa shape index (κ2) is 9.87. The monoisotopic (exact) mass is 438 g/mol. The van der Waals surface area contributed by atoms with Crippen LogP contribution < -0.4 is 9.47 Å². The zero-order valence-corrected chi connectivity index (χ0v) is 19.2. The number of aryl methyl sites for hydroxylation is 1. The zero-order valence-electron chi connectivity index (χ0n) is 19.2. The van der Waals surface area contributed by atoms with Gasteiger partial charge in [0.25, 0.3) is 11.7 Å². The number of hydrogen-bond acceptors (Lipinski definition) is 6. The summed E-state index contributed by atoms with van der Waals surface area (Å²) >= 11 is 0. The molecule has 1 unspecified atom stereocenters. The van der Waals surface area contributed by atoms with Gasteiger partial charge in [-0.05, 0) is 57.8 Å². The number of benzene rings is 2. The average Bonchev–Trinajstić information content (AvgIpc) is 3.02. The first kappa shape index (κ1) is 23.3. The van der Waals surface area contributed by atoms with Gasteiger partial charge in [-0.3, -0.25) is 9.59 Å². The van der Waals surface area contributed by atoms with Crippen molar-refractivity contribution in [2.24, 2.45) is 0 Å². The van der Waals surface area contributed by atoms with Crippen LogP contribution in [0.25, 0.3) is 5.76 Å². The molecular weight excluding hydrogens is 408 g/mol. The Morgan fingerprint density at radius 1 is 1.12 bits per heavy atom. The summed E-state index contributed by atoms with van der Waals surface area (Å²) in [5, 5.41) is 11.2. The molecule has 7 heteroatoms. The van der Waals surface area contributed by atoms with Crippen LogP contribution in [-0.2, 0) is 9.59 Å². The molecule has 1 amide bonds. The quantitative estimate of drug-likeness (QED) is 0.387. The molecule has 2 aromatic carbocycles. The fourth-order valence-corrected chi connectivity index (χ4v) is 3.92. The first-order valence-corrected chi connectivity index (χ1v) is 10.6. The van der Waals surface area contributed by atoms with Gasteiger partial charge in [0.15, 0.2) is 0 Å². The van der Waals surface area contributed by atoms with Gasteiger partial charge in [0.05, 0.1) is 25.3 Å². The maximum Gasteiger partial charge on any atom is 0.295 e. The average molecular weight is 439 g/mol. The largest absolute Gasteiger partial charge is 0.507 e. The maximum absolute atomic E-state index is 13.1. The van der Waals surface area contributed by atoms with Crippen LogP contribution in [0, 0.1) is 6.92 Å². The standard InChI is InChI=1S/C25H30N2O5/c1-6-32-20-10-8-7-9-18(20)22-21(24(29)25(30)27(22)14-13-26(3)4)23(28)17-11-12-19(31-5)16(2)15-17/h7-12,15,22,28H,6,13-14H2,1-5H3/b23-21+. The highest BCUT2D eigenvalue weighted by atomic mass is 16.5. The normalized spacial score (nSPS) is 17.8. The number of carbonyl (C=O) groups excluding carboxylic acids is 2. The molecule has 1 aliphatic rings. The molecule has 3 rings (SSSR count). The topological polar surface area (TPSA) is 79.3 Å². The highest BCUT2D eigenvalue weighted by Crippen LogP contribution is 2.42. The molecule has 0 aliphatic carbocycles. The lowest BCUT2D eigenvalue weighted by Gasteiger charge is -2.27. The molecule has 0 aromatic heterocycles. The smallest absolute Gasteiger partial charge is 0.295 e. The van der Waals surface area contributed by atoms with Crippen LogP contribution in [-0.4, -0.2) is 67.5 Å². The summed E-state index contributed by atoms with van der Waals surface area (Å²) in [5.41, 5.74) is 1.99. The van der Waals surface area contributed by atoms with Crippen molar-refractivity contribution < 1.29 is 24.2 Å². The van der Waals surface area contributed by atoms with Crippen LogP contribution in [0.3, 0.4) is 0 Å². The maximum atomic E-state index is 13.1. The molecule has 1 atom stereocenters. The Balaban J connectivity index is 2.20. The van der Waals surface area contributed by atoms with Gasteiger partial charge in [0.2, 0.25) is 0 Å². The van der Waals surface area contributed by atoms with E-state index in [1.807, 2.05) is 57.1 Å². The number of methoxy groups -OCH3 is 1. The minimum atomic E-state index is -0.750. The Morgan fingerprint density at radius 2 is 1.84 bits per heavy atom. The number of amides is 1. The number of nitrogens with zero attached hydrogens (tertiary/aromatic N) is 2. The predicted molar refractivity (Wildman–Crippen MR) is 123 cm³/mol. The molecule has 1 fully saturated rings. The van der Waals surface area contributed by atoms with E-state index in [2.05, 4.69) is 0 Å². The van der Waals surface area contributed by atoms with Crippen LogP contribution in [0.2, 0.25) is 0 Å². The molecule has 2 aromatic rings. The fraction of sp³-hybridized carbons (Fsp3) is 0.360. The molecule has 170 valence electrons. The molecular formula is C25H30N2O5. The Hall–Kier alpha value is -3.32. The molecule has 1 saturated heterocycles. The second-order valence-electron chi connectivity index (χ2n) is 7.95. The van der Waals surface area contributed by atoms with Crippen molar-refractivity contribution in [3.63, 3.8) is 0 Å². The molecule has 0 spiro atoms. The summed E-state index contributed by atoms with van der Waals surface area (Å²) < 4.78 is 11.1. The highest BCUT2D eigenvalue weighted by molar-refractivity contribution is 6.46. The lowest BCUT2D eigenvalue weighted by molar-refractivity contribution is -0.140. The summed E-state index contributed by atoms with van der Waals surface area (Å²) in [5.74, 6) is -0.293. The lowest BCUT2D eigenvalue weighted by Crippen LogP contribution is -2.35. The third-order valence-corrected chi connectivity index (χ3v) is 5.51. The van der Waals surface area contributed by atoms with Gasteiger partial charge in [-0.25, -0.2) is 0 Å². The van der Waals surface area contributed by atoms with E-state index in [4.69, 9.17) is 9.47 Å². The third-order valence-electron chi connectivity index (χ3n) is 5.51. The minimum absolute atomic E-state index is 0.0606. The number of likely N-dealkylation sites (tertiary alicyclic amines) is 1. The minimum Gasteiger partial charge on any atom is -0.507 e. The van der Waals surface area contributed by atoms with Crippen molar-refractivity contribution in [3.8, 4) is 11.5 Å².